The molecule has 2 amide bonds. The lowest BCUT2D eigenvalue weighted by molar-refractivity contribution is -0.134. The number of hydrogen-bond donors (Lipinski definition) is 0. The van der Waals surface area contributed by atoms with Crippen molar-refractivity contribution in [2.24, 2.45) is 0 Å². The first-order valence-electron chi connectivity index (χ1n) is 8.49. The molecule has 25 heavy (non-hydrogen) atoms. The minimum Gasteiger partial charge on any atom is -0.484 e. The summed E-state index contributed by atoms with van der Waals surface area (Å²) < 4.78 is 10.7. The minimum absolute atomic E-state index is 0.0132. The van der Waals surface area contributed by atoms with Crippen LogP contribution < -0.4 is 4.74 Å². The maximum absolute atomic E-state index is 12.3. The number of benzene rings is 1. The molecule has 0 spiro atoms. The van der Waals surface area contributed by atoms with Crippen LogP contribution in [0.15, 0.2) is 47.1 Å². The van der Waals surface area contributed by atoms with Crippen molar-refractivity contribution < 1.29 is 18.7 Å². The second-order valence-electron chi connectivity index (χ2n) is 5.94. The third kappa shape index (κ3) is 4.21. The number of carbonyl (C=O) groups is 2. The van der Waals surface area contributed by atoms with Crippen LogP contribution in [0.2, 0.25) is 0 Å². The van der Waals surface area contributed by atoms with Crippen LogP contribution in [0.5, 0.6) is 5.75 Å². The van der Waals surface area contributed by atoms with Crippen LogP contribution in [0.1, 0.15) is 23.0 Å². The number of hydrogen-bond acceptors (Lipinski definition) is 4. The van der Waals surface area contributed by atoms with E-state index >= 15 is 0 Å². The zero-order chi connectivity index (χ0) is 17.6. The van der Waals surface area contributed by atoms with Crippen molar-refractivity contribution >= 4 is 11.8 Å². The molecule has 2 heterocycles. The van der Waals surface area contributed by atoms with Gasteiger partial charge in [0.25, 0.3) is 11.8 Å². The van der Waals surface area contributed by atoms with Crippen LogP contribution in [0.3, 0.4) is 0 Å². The Kier molecular flexibility index (Phi) is 5.38. The summed E-state index contributed by atoms with van der Waals surface area (Å²) in [6.45, 7) is 4.09. The van der Waals surface area contributed by atoms with Gasteiger partial charge in [0, 0.05) is 26.2 Å². The molecule has 0 N–H and O–H groups in total. The molecule has 1 aromatic heterocycles. The highest BCUT2D eigenvalue weighted by molar-refractivity contribution is 5.91. The molecule has 6 nitrogen and oxygen atoms in total. The Bertz CT molecular complexity index is 719. The fourth-order valence-corrected chi connectivity index (χ4v) is 2.81. The molecular formula is C19H22N2O4. The second kappa shape index (κ2) is 7.88. The monoisotopic (exact) mass is 342 g/mol. The van der Waals surface area contributed by atoms with Gasteiger partial charge in [0.1, 0.15) is 5.75 Å². The molecule has 1 fully saturated rings. The first-order chi connectivity index (χ1) is 12.2. The summed E-state index contributed by atoms with van der Waals surface area (Å²) in [4.78, 5) is 28.0. The third-order valence-corrected chi connectivity index (χ3v) is 4.32. The van der Waals surface area contributed by atoms with Crippen molar-refractivity contribution in [1.29, 1.82) is 0 Å². The lowest BCUT2D eigenvalue weighted by atomic mass is 10.2. The molecule has 0 unspecified atom stereocenters. The molecule has 3 rings (SSSR count). The Morgan fingerprint density at radius 2 is 1.84 bits per heavy atom. The van der Waals surface area contributed by atoms with Crippen molar-refractivity contribution in [3.8, 4) is 5.75 Å². The van der Waals surface area contributed by atoms with Crippen molar-refractivity contribution in [1.82, 2.24) is 9.80 Å². The first kappa shape index (κ1) is 17.1. The molecule has 1 aliphatic heterocycles. The molecule has 0 saturated carbocycles. The molecule has 1 saturated heterocycles. The predicted octanol–water partition coefficient (Wildman–Crippen LogP) is 2.21. The lowest BCUT2D eigenvalue weighted by Gasteiger charge is -2.34. The van der Waals surface area contributed by atoms with Crippen LogP contribution in [0.25, 0.3) is 0 Å². The smallest absolute Gasteiger partial charge is 0.289 e. The highest BCUT2D eigenvalue weighted by Crippen LogP contribution is 2.14. The topological polar surface area (TPSA) is 63.0 Å². The summed E-state index contributed by atoms with van der Waals surface area (Å²) in [5.41, 5.74) is 1.18. The number of carbonyl (C=O) groups excluding carboxylic acids is 2. The summed E-state index contributed by atoms with van der Waals surface area (Å²) in [5.74, 6) is 0.843. The zero-order valence-corrected chi connectivity index (χ0v) is 14.3. The van der Waals surface area contributed by atoms with Gasteiger partial charge in [0.05, 0.1) is 6.26 Å². The van der Waals surface area contributed by atoms with Gasteiger partial charge in [0.2, 0.25) is 0 Å². The van der Waals surface area contributed by atoms with E-state index in [1.165, 1.54) is 11.8 Å². The molecule has 6 heteroatoms. The highest BCUT2D eigenvalue weighted by Gasteiger charge is 2.26. The van der Waals surface area contributed by atoms with Crippen LogP contribution >= 0.6 is 0 Å². The molecule has 0 radical (unpaired) electrons. The van der Waals surface area contributed by atoms with Gasteiger partial charge in [-0.2, -0.15) is 0 Å². The van der Waals surface area contributed by atoms with Gasteiger partial charge < -0.3 is 19.0 Å². The Morgan fingerprint density at radius 3 is 2.52 bits per heavy atom. The molecule has 1 aromatic carbocycles. The fraction of sp³-hybridized carbons (Fsp3) is 0.368. The molecule has 0 aliphatic carbocycles. The summed E-state index contributed by atoms with van der Waals surface area (Å²) in [5, 5.41) is 0. The minimum atomic E-state index is -0.135. The Balaban J connectivity index is 1.47. The van der Waals surface area contributed by atoms with Gasteiger partial charge in [-0.3, -0.25) is 9.59 Å². The van der Waals surface area contributed by atoms with Gasteiger partial charge in [-0.25, -0.2) is 0 Å². The van der Waals surface area contributed by atoms with E-state index in [-0.39, 0.29) is 18.4 Å². The number of ether oxygens (including phenoxy) is 1. The van der Waals surface area contributed by atoms with Gasteiger partial charge >= 0.3 is 0 Å². The number of aryl methyl sites for hydroxylation is 1. The molecule has 2 aromatic rings. The summed E-state index contributed by atoms with van der Waals surface area (Å²) >= 11 is 0. The van der Waals surface area contributed by atoms with E-state index in [0.29, 0.717) is 37.7 Å². The van der Waals surface area contributed by atoms with E-state index in [1.807, 2.05) is 24.3 Å². The van der Waals surface area contributed by atoms with Crippen molar-refractivity contribution in [3.05, 3.63) is 54.0 Å². The Labute approximate surface area is 147 Å². The van der Waals surface area contributed by atoms with E-state index in [0.717, 1.165) is 6.42 Å². The molecule has 0 bridgehead atoms. The predicted molar refractivity (Wildman–Crippen MR) is 92.5 cm³/mol. The standard InChI is InChI=1S/C19H22N2O4/c1-2-15-5-3-6-16(13-15)25-14-18(22)20-8-10-21(11-9-20)19(23)17-7-4-12-24-17/h3-7,12-13H,2,8-11,14H2,1H3. The first-order valence-corrected chi connectivity index (χ1v) is 8.49. The number of piperazine rings is 1. The summed E-state index contributed by atoms with van der Waals surface area (Å²) in [6.07, 6.45) is 2.41. The Morgan fingerprint density at radius 1 is 1.08 bits per heavy atom. The van der Waals surface area contributed by atoms with Gasteiger partial charge in [0.15, 0.2) is 12.4 Å². The van der Waals surface area contributed by atoms with Crippen LogP contribution in [-0.4, -0.2) is 54.4 Å². The van der Waals surface area contributed by atoms with Crippen LogP contribution in [-0.2, 0) is 11.2 Å². The average molecular weight is 342 g/mol. The second-order valence-corrected chi connectivity index (χ2v) is 5.94. The molecular weight excluding hydrogens is 320 g/mol. The zero-order valence-electron chi connectivity index (χ0n) is 14.3. The fourth-order valence-electron chi connectivity index (χ4n) is 2.81. The van der Waals surface area contributed by atoms with Gasteiger partial charge in [-0.1, -0.05) is 19.1 Å². The van der Waals surface area contributed by atoms with Crippen molar-refractivity contribution in [2.75, 3.05) is 32.8 Å². The normalized spacial score (nSPS) is 14.4. The number of amides is 2. The van der Waals surface area contributed by atoms with Crippen molar-refractivity contribution in [2.45, 2.75) is 13.3 Å². The lowest BCUT2D eigenvalue weighted by Crippen LogP contribution is -2.51. The van der Waals surface area contributed by atoms with E-state index in [2.05, 4.69) is 6.92 Å². The number of nitrogens with zero attached hydrogens (tertiary/aromatic N) is 2. The average Bonchev–Trinajstić information content (AvgIpc) is 3.20. The largest absolute Gasteiger partial charge is 0.484 e. The van der Waals surface area contributed by atoms with Crippen LogP contribution in [0.4, 0.5) is 0 Å². The van der Waals surface area contributed by atoms with Crippen LogP contribution in [0, 0.1) is 0 Å². The summed E-state index contributed by atoms with van der Waals surface area (Å²) in [7, 11) is 0. The van der Waals surface area contributed by atoms with Gasteiger partial charge in [-0.15, -0.1) is 0 Å². The highest BCUT2D eigenvalue weighted by atomic mass is 16.5. The molecule has 0 atom stereocenters. The quantitative estimate of drug-likeness (QED) is 0.836. The third-order valence-electron chi connectivity index (χ3n) is 4.32. The SMILES string of the molecule is CCc1cccc(OCC(=O)N2CCN(C(=O)c3ccco3)CC2)c1. The summed E-state index contributed by atoms with van der Waals surface area (Å²) in [6, 6.07) is 11.1. The van der Waals surface area contributed by atoms with Gasteiger partial charge in [-0.05, 0) is 36.2 Å². The number of rotatable bonds is 5. The van der Waals surface area contributed by atoms with E-state index in [1.54, 1.807) is 21.9 Å². The maximum Gasteiger partial charge on any atom is 0.289 e. The van der Waals surface area contributed by atoms with E-state index in [4.69, 9.17) is 9.15 Å². The van der Waals surface area contributed by atoms with E-state index < -0.39 is 0 Å². The van der Waals surface area contributed by atoms with E-state index in [9.17, 15) is 9.59 Å². The Hall–Kier alpha value is -2.76. The molecule has 1 aliphatic rings. The molecule has 132 valence electrons. The number of furan rings is 1. The van der Waals surface area contributed by atoms with Crippen molar-refractivity contribution in [3.63, 3.8) is 0 Å². The maximum atomic E-state index is 12.3.